The van der Waals surface area contributed by atoms with Gasteiger partial charge in [0.05, 0.1) is 0 Å². The summed E-state index contributed by atoms with van der Waals surface area (Å²) in [5.74, 6) is 1.53. The fraction of sp³-hybridized carbons (Fsp3) is 0.368. The number of hydrogen-bond donors (Lipinski definition) is 1. The molecule has 2 heterocycles. The maximum Gasteiger partial charge on any atom is 0.273 e. The van der Waals surface area contributed by atoms with E-state index in [2.05, 4.69) is 20.7 Å². The Balaban J connectivity index is 1.32. The van der Waals surface area contributed by atoms with E-state index < -0.39 is 0 Å². The minimum absolute atomic E-state index is 0.0505. The molecule has 3 aromatic rings. The molecule has 0 aliphatic heterocycles. The van der Waals surface area contributed by atoms with Crippen LogP contribution < -0.4 is 5.32 Å². The Morgan fingerprint density at radius 3 is 2.78 bits per heavy atom. The topological polar surface area (TPSA) is 103 Å². The molecule has 1 aliphatic carbocycles. The Labute approximate surface area is 155 Å². The van der Waals surface area contributed by atoms with Crippen molar-refractivity contribution in [2.24, 2.45) is 0 Å². The van der Waals surface area contributed by atoms with Gasteiger partial charge in [-0.25, -0.2) is 0 Å². The van der Waals surface area contributed by atoms with E-state index in [1.165, 1.54) is 0 Å². The minimum Gasteiger partial charge on any atom is -0.422 e. The van der Waals surface area contributed by atoms with Gasteiger partial charge in [0, 0.05) is 30.7 Å². The van der Waals surface area contributed by atoms with Crippen molar-refractivity contribution in [1.82, 2.24) is 20.7 Å². The lowest BCUT2D eigenvalue weighted by Crippen LogP contribution is -2.43. The molecular weight excluding hydrogens is 348 g/mol. The molecule has 1 N–H and O–H groups in total. The highest BCUT2D eigenvalue weighted by Gasteiger charge is 2.36. The number of ether oxygens (including phenoxy) is 1. The Kier molecular flexibility index (Phi) is 4.72. The second-order valence-electron chi connectivity index (χ2n) is 6.64. The first kappa shape index (κ1) is 17.4. The molecule has 1 amide bonds. The SMILES string of the molecule is CO[C@H](C)c1nnc([C@H]2C[C@H](NC(=O)c3cc(-c4ccccc4)on3)C2)o1. The summed E-state index contributed by atoms with van der Waals surface area (Å²) in [5, 5.41) is 14.9. The molecule has 8 nitrogen and oxygen atoms in total. The molecule has 2 aromatic heterocycles. The van der Waals surface area contributed by atoms with Crippen molar-refractivity contribution >= 4 is 5.91 Å². The molecular formula is C19H20N4O4. The second kappa shape index (κ2) is 7.32. The second-order valence-corrected chi connectivity index (χ2v) is 6.64. The number of nitrogens with zero attached hydrogens (tertiary/aromatic N) is 3. The van der Waals surface area contributed by atoms with Crippen LogP contribution in [0, 0.1) is 0 Å². The summed E-state index contributed by atoms with van der Waals surface area (Å²) in [6, 6.07) is 11.2. The molecule has 140 valence electrons. The number of carbonyl (C=O) groups is 1. The highest BCUT2D eigenvalue weighted by molar-refractivity contribution is 5.93. The first-order chi connectivity index (χ1) is 13.1. The van der Waals surface area contributed by atoms with Gasteiger partial charge in [-0.05, 0) is 19.8 Å². The predicted molar refractivity (Wildman–Crippen MR) is 94.9 cm³/mol. The molecule has 1 fully saturated rings. The van der Waals surface area contributed by atoms with Crippen LogP contribution in [0.2, 0.25) is 0 Å². The van der Waals surface area contributed by atoms with E-state index in [4.69, 9.17) is 13.7 Å². The number of hydrogen-bond acceptors (Lipinski definition) is 7. The molecule has 0 bridgehead atoms. The Hall–Kier alpha value is -3.00. The van der Waals surface area contributed by atoms with Gasteiger partial charge in [-0.2, -0.15) is 0 Å². The molecule has 0 unspecified atom stereocenters. The summed E-state index contributed by atoms with van der Waals surface area (Å²) in [5.41, 5.74) is 1.15. The first-order valence-electron chi connectivity index (χ1n) is 8.83. The van der Waals surface area contributed by atoms with Gasteiger partial charge < -0.3 is 19.0 Å². The van der Waals surface area contributed by atoms with E-state index in [1.807, 2.05) is 37.3 Å². The molecule has 4 rings (SSSR count). The number of benzene rings is 1. The van der Waals surface area contributed by atoms with Crippen LogP contribution in [-0.4, -0.2) is 34.4 Å². The van der Waals surface area contributed by atoms with Crippen molar-refractivity contribution in [2.75, 3.05) is 7.11 Å². The molecule has 0 radical (unpaired) electrons. The van der Waals surface area contributed by atoms with Crippen LogP contribution >= 0.6 is 0 Å². The van der Waals surface area contributed by atoms with E-state index in [-0.39, 0.29) is 29.7 Å². The van der Waals surface area contributed by atoms with Crippen LogP contribution in [0.5, 0.6) is 0 Å². The fourth-order valence-electron chi connectivity index (χ4n) is 2.99. The lowest BCUT2D eigenvalue weighted by atomic mass is 9.80. The van der Waals surface area contributed by atoms with Crippen molar-refractivity contribution in [3.8, 4) is 11.3 Å². The fourth-order valence-corrected chi connectivity index (χ4v) is 2.99. The van der Waals surface area contributed by atoms with E-state index in [9.17, 15) is 4.79 Å². The third-order valence-corrected chi connectivity index (χ3v) is 4.78. The van der Waals surface area contributed by atoms with Gasteiger partial charge in [0.25, 0.3) is 5.91 Å². The number of nitrogens with one attached hydrogen (secondary N) is 1. The Morgan fingerprint density at radius 1 is 1.26 bits per heavy atom. The molecule has 1 aliphatic rings. The zero-order valence-electron chi connectivity index (χ0n) is 15.1. The lowest BCUT2D eigenvalue weighted by molar-refractivity contribution is 0.0872. The standard InChI is InChI=1S/C19H20N4O4/c1-11(25-2)18-21-22-19(26-18)13-8-14(9-13)20-17(24)15-10-16(27-23-15)12-6-4-3-5-7-12/h3-7,10-11,13-14H,8-9H2,1-2H3,(H,20,24)/t11-,13-,14-/m1/s1. The van der Waals surface area contributed by atoms with Gasteiger partial charge in [0.1, 0.15) is 6.10 Å². The Bertz CT molecular complexity index is 915. The predicted octanol–water partition coefficient (Wildman–Crippen LogP) is 3.11. The number of rotatable bonds is 6. The number of methoxy groups -OCH3 is 1. The summed E-state index contributed by atoms with van der Waals surface area (Å²) in [6.07, 6.45) is 1.27. The van der Waals surface area contributed by atoms with Gasteiger partial charge in [-0.3, -0.25) is 4.79 Å². The van der Waals surface area contributed by atoms with Crippen LogP contribution in [0.15, 0.2) is 45.3 Å². The largest absolute Gasteiger partial charge is 0.422 e. The van der Waals surface area contributed by atoms with Crippen LogP contribution in [0.4, 0.5) is 0 Å². The van der Waals surface area contributed by atoms with Crippen molar-refractivity contribution in [2.45, 2.75) is 37.8 Å². The highest BCUT2D eigenvalue weighted by Crippen LogP contribution is 2.36. The summed E-state index contributed by atoms with van der Waals surface area (Å²) < 4.78 is 16.1. The smallest absolute Gasteiger partial charge is 0.273 e. The maximum absolute atomic E-state index is 12.4. The molecule has 27 heavy (non-hydrogen) atoms. The molecule has 8 heteroatoms. The quantitative estimate of drug-likeness (QED) is 0.713. The molecule has 0 saturated heterocycles. The van der Waals surface area contributed by atoms with Crippen molar-refractivity contribution < 1.29 is 18.5 Å². The molecule has 1 atom stereocenters. The van der Waals surface area contributed by atoms with Crippen molar-refractivity contribution in [1.29, 1.82) is 0 Å². The number of aromatic nitrogens is 3. The maximum atomic E-state index is 12.4. The van der Waals surface area contributed by atoms with E-state index in [0.29, 0.717) is 17.5 Å². The Morgan fingerprint density at radius 2 is 2.04 bits per heavy atom. The average molecular weight is 368 g/mol. The summed E-state index contributed by atoms with van der Waals surface area (Å²) in [6.45, 7) is 1.85. The molecule has 0 spiro atoms. The van der Waals surface area contributed by atoms with Gasteiger partial charge in [0.15, 0.2) is 11.5 Å². The highest BCUT2D eigenvalue weighted by atomic mass is 16.5. The van der Waals surface area contributed by atoms with Crippen molar-refractivity contribution in [3.63, 3.8) is 0 Å². The summed E-state index contributed by atoms with van der Waals surface area (Å²) in [7, 11) is 1.59. The average Bonchev–Trinajstić information content (AvgIpc) is 3.34. The van der Waals surface area contributed by atoms with Gasteiger partial charge in [-0.15, -0.1) is 10.2 Å². The van der Waals surface area contributed by atoms with Gasteiger partial charge in [-0.1, -0.05) is 35.5 Å². The molecule has 1 saturated carbocycles. The first-order valence-corrected chi connectivity index (χ1v) is 8.83. The van der Waals surface area contributed by atoms with Gasteiger partial charge >= 0.3 is 0 Å². The van der Waals surface area contributed by atoms with Crippen LogP contribution in [-0.2, 0) is 4.74 Å². The normalized spacial score (nSPS) is 20.1. The monoisotopic (exact) mass is 368 g/mol. The summed E-state index contributed by atoms with van der Waals surface area (Å²) >= 11 is 0. The zero-order chi connectivity index (χ0) is 18.8. The van der Waals surface area contributed by atoms with E-state index >= 15 is 0 Å². The van der Waals surface area contributed by atoms with Crippen molar-refractivity contribution in [3.05, 3.63) is 53.9 Å². The van der Waals surface area contributed by atoms with Crippen LogP contribution in [0.3, 0.4) is 0 Å². The van der Waals surface area contributed by atoms with Gasteiger partial charge in [0.2, 0.25) is 11.8 Å². The third kappa shape index (κ3) is 3.61. The third-order valence-electron chi connectivity index (χ3n) is 4.78. The number of carbonyl (C=O) groups excluding carboxylic acids is 1. The lowest BCUT2D eigenvalue weighted by Gasteiger charge is -2.33. The van der Waals surface area contributed by atoms with Crippen LogP contribution in [0.1, 0.15) is 54.1 Å². The number of amides is 1. The zero-order valence-corrected chi connectivity index (χ0v) is 15.1. The van der Waals surface area contributed by atoms with E-state index in [0.717, 1.165) is 18.4 Å². The summed E-state index contributed by atoms with van der Waals surface area (Å²) in [4.78, 5) is 12.4. The van der Waals surface area contributed by atoms with Crippen LogP contribution in [0.25, 0.3) is 11.3 Å². The van der Waals surface area contributed by atoms with E-state index in [1.54, 1.807) is 13.2 Å². The molecule has 1 aromatic carbocycles. The minimum atomic E-state index is -0.247.